The molecule has 2 aromatic carbocycles. The number of hydrogen-bond acceptors (Lipinski definition) is 5. The molecular formula is C29H37N3O5. The maximum absolute atomic E-state index is 13.8. The summed E-state index contributed by atoms with van der Waals surface area (Å²) in [7, 11) is 0. The molecular weight excluding hydrogens is 470 g/mol. The molecule has 4 rings (SSSR count). The lowest BCUT2D eigenvalue weighted by atomic mass is 9.93. The Hall–Kier alpha value is -3.23. The van der Waals surface area contributed by atoms with E-state index in [9.17, 15) is 14.4 Å². The molecule has 8 heteroatoms. The quantitative estimate of drug-likeness (QED) is 0.545. The van der Waals surface area contributed by atoms with Gasteiger partial charge in [0.1, 0.15) is 5.92 Å². The summed E-state index contributed by atoms with van der Waals surface area (Å²) >= 11 is 0. The van der Waals surface area contributed by atoms with Crippen molar-refractivity contribution in [2.45, 2.75) is 72.3 Å². The van der Waals surface area contributed by atoms with Gasteiger partial charge in [-0.15, -0.1) is 0 Å². The van der Waals surface area contributed by atoms with Gasteiger partial charge in [-0.25, -0.2) is 0 Å². The van der Waals surface area contributed by atoms with E-state index in [4.69, 9.17) is 9.47 Å². The molecule has 8 nitrogen and oxygen atoms in total. The number of fused-ring (bicyclic) bond motifs is 1. The summed E-state index contributed by atoms with van der Waals surface area (Å²) < 4.78 is 12.1. The zero-order valence-corrected chi connectivity index (χ0v) is 22.3. The summed E-state index contributed by atoms with van der Waals surface area (Å²) in [5.74, 6) is -0.936. The summed E-state index contributed by atoms with van der Waals surface area (Å²) in [6.07, 6.45) is 0.483. The fourth-order valence-corrected chi connectivity index (χ4v) is 4.61. The first-order valence-electron chi connectivity index (χ1n) is 13.0. The maximum Gasteiger partial charge on any atom is 0.251 e. The molecule has 1 atom stereocenters. The van der Waals surface area contributed by atoms with Gasteiger partial charge >= 0.3 is 0 Å². The van der Waals surface area contributed by atoms with Crippen LogP contribution in [0.5, 0.6) is 0 Å². The first kappa shape index (κ1) is 26.8. The predicted molar refractivity (Wildman–Crippen MR) is 142 cm³/mol. The molecule has 0 bridgehead atoms. The molecule has 2 aliphatic heterocycles. The molecule has 198 valence electrons. The van der Waals surface area contributed by atoms with E-state index >= 15 is 0 Å². The second kappa shape index (κ2) is 11.0. The van der Waals surface area contributed by atoms with E-state index in [-0.39, 0.29) is 29.2 Å². The zero-order valence-electron chi connectivity index (χ0n) is 22.3. The Kier molecular flexibility index (Phi) is 7.99. The first-order chi connectivity index (χ1) is 17.6. The number of rotatable bonds is 8. The smallest absolute Gasteiger partial charge is 0.251 e. The minimum atomic E-state index is -0.701. The number of carbonyl (C=O) groups excluding carboxylic acids is 3. The van der Waals surface area contributed by atoms with Gasteiger partial charge in [-0.05, 0) is 61.7 Å². The number of carbonyl (C=O) groups is 3. The van der Waals surface area contributed by atoms with Crippen molar-refractivity contribution in [3.05, 3.63) is 59.2 Å². The van der Waals surface area contributed by atoms with E-state index in [0.29, 0.717) is 37.4 Å². The van der Waals surface area contributed by atoms with Crippen LogP contribution in [0.4, 0.5) is 11.4 Å². The SMILES string of the molecule is CCCC(=O)Nc1ccc2c(c1)C(C1OCC(C)(C)CO1)C(=O)N2Cc1ccc(C(=O)NC(C)C)cc1. The third kappa shape index (κ3) is 6.19. The van der Waals surface area contributed by atoms with Gasteiger partial charge in [-0.2, -0.15) is 0 Å². The minimum Gasteiger partial charge on any atom is -0.351 e. The number of anilines is 2. The van der Waals surface area contributed by atoms with Crippen molar-refractivity contribution in [2.75, 3.05) is 23.4 Å². The lowest BCUT2D eigenvalue weighted by Crippen LogP contribution is -2.43. The maximum atomic E-state index is 13.8. The van der Waals surface area contributed by atoms with Crippen molar-refractivity contribution in [3.63, 3.8) is 0 Å². The number of nitrogens with one attached hydrogen (secondary N) is 2. The second-order valence-corrected chi connectivity index (χ2v) is 11.0. The lowest BCUT2D eigenvalue weighted by molar-refractivity contribution is -0.229. The fourth-order valence-electron chi connectivity index (χ4n) is 4.61. The van der Waals surface area contributed by atoms with Crippen LogP contribution in [0.1, 0.15) is 74.9 Å². The van der Waals surface area contributed by atoms with Crippen molar-refractivity contribution < 1.29 is 23.9 Å². The summed E-state index contributed by atoms with van der Waals surface area (Å²) in [5.41, 5.74) is 3.53. The van der Waals surface area contributed by atoms with Gasteiger partial charge in [-0.1, -0.05) is 32.9 Å². The van der Waals surface area contributed by atoms with Gasteiger partial charge < -0.3 is 25.0 Å². The van der Waals surface area contributed by atoms with Crippen LogP contribution >= 0.6 is 0 Å². The highest BCUT2D eigenvalue weighted by atomic mass is 16.7. The van der Waals surface area contributed by atoms with E-state index in [2.05, 4.69) is 24.5 Å². The highest BCUT2D eigenvalue weighted by Crippen LogP contribution is 2.44. The lowest BCUT2D eigenvalue weighted by Gasteiger charge is -2.36. The fraction of sp³-hybridized carbons (Fsp3) is 0.483. The average Bonchev–Trinajstić information content (AvgIpc) is 3.10. The molecule has 1 fully saturated rings. The van der Waals surface area contributed by atoms with Gasteiger partial charge in [0.25, 0.3) is 5.91 Å². The molecule has 2 aromatic rings. The Labute approximate surface area is 218 Å². The van der Waals surface area contributed by atoms with E-state index < -0.39 is 12.2 Å². The van der Waals surface area contributed by atoms with Crippen LogP contribution in [0.2, 0.25) is 0 Å². The average molecular weight is 508 g/mol. The van der Waals surface area contributed by atoms with E-state index in [0.717, 1.165) is 23.2 Å². The molecule has 0 saturated carbocycles. The molecule has 0 aliphatic carbocycles. The summed E-state index contributed by atoms with van der Waals surface area (Å²) in [6, 6.07) is 12.9. The van der Waals surface area contributed by atoms with Crippen LogP contribution in [-0.4, -0.2) is 43.3 Å². The molecule has 1 unspecified atom stereocenters. The van der Waals surface area contributed by atoms with Gasteiger partial charge in [0, 0.05) is 34.8 Å². The van der Waals surface area contributed by atoms with Crippen molar-refractivity contribution >= 4 is 29.1 Å². The first-order valence-corrected chi connectivity index (χ1v) is 13.0. The Morgan fingerprint density at radius 2 is 1.76 bits per heavy atom. The topological polar surface area (TPSA) is 97.0 Å². The van der Waals surface area contributed by atoms with E-state index in [1.54, 1.807) is 17.0 Å². The Morgan fingerprint density at radius 3 is 2.38 bits per heavy atom. The molecule has 0 aromatic heterocycles. The monoisotopic (exact) mass is 507 g/mol. The van der Waals surface area contributed by atoms with Crippen LogP contribution in [0.15, 0.2) is 42.5 Å². The van der Waals surface area contributed by atoms with Crippen molar-refractivity contribution in [3.8, 4) is 0 Å². The number of hydrogen-bond donors (Lipinski definition) is 2. The van der Waals surface area contributed by atoms with Crippen LogP contribution in [0.3, 0.4) is 0 Å². The molecule has 2 aliphatic rings. The normalized spacial score (nSPS) is 19.1. The highest BCUT2D eigenvalue weighted by molar-refractivity contribution is 6.06. The predicted octanol–water partition coefficient (Wildman–Crippen LogP) is 4.59. The zero-order chi connectivity index (χ0) is 26.7. The minimum absolute atomic E-state index is 0.0503. The molecule has 3 amide bonds. The molecule has 2 N–H and O–H groups in total. The Bertz CT molecular complexity index is 1150. The van der Waals surface area contributed by atoms with Crippen LogP contribution < -0.4 is 15.5 Å². The van der Waals surface area contributed by atoms with Gasteiger partial charge in [0.05, 0.1) is 19.8 Å². The van der Waals surface area contributed by atoms with Crippen LogP contribution in [-0.2, 0) is 25.6 Å². The molecule has 1 saturated heterocycles. The molecule has 2 heterocycles. The van der Waals surface area contributed by atoms with Gasteiger partial charge in [-0.3, -0.25) is 14.4 Å². The van der Waals surface area contributed by atoms with Crippen LogP contribution in [0, 0.1) is 5.41 Å². The molecule has 37 heavy (non-hydrogen) atoms. The number of ether oxygens (including phenoxy) is 2. The van der Waals surface area contributed by atoms with Crippen molar-refractivity contribution in [1.29, 1.82) is 0 Å². The number of nitrogens with zero attached hydrogens (tertiary/aromatic N) is 1. The Morgan fingerprint density at radius 1 is 1.08 bits per heavy atom. The van der Waals surface area contributed by atoms with Gasteiger partial charge in [0.2, 0.25) is 11.8 Å². The van der Waals surface area contributed by atoms with E-state index in [1.807, 2.05) is 51.1 Å². The highest BCUT2D eigenvalue weighted by Gasteiger charge is 2.45. The molecule has 0 spiro atoms. The van der Waals surface area contributed by atoms with Crippen LogP contribution in [0.25, 0.3) is 0 Å². The largest absolute Gasteiger partial charge is 0.351 e. The van der Waals surface area contributed by atoms with E-state index in [1.165, 1.54) is 0 Å². The summed E-state index contributed by atoms with van der Waals surface area (Å²) in [6.45, 7) is 11.2. The molecule has 0 radical (unpaired) electrons. The number of benzene rings is 2. The summed E-state index contributed by atoms with van der Waals surface area (Å²) in [4.78, 5) is 40.0. The number of amides is 3. The Balaban J connectivity index is 1.60. The van der Waals surface area contributed by atoms with Gasteiger partial charge in [0.15, 0.2) is 6.29 Å². The second-order valence-electron chi connectivity index (χ2n) is 11.0. The third-order valence-corrected chi connectivity index (χ3v) is 6.47. The van der Waals surface area contributed by atoms with Crippen molar-refractivity contribution in [2.24, 2.45) is 5.41 Å². The standard InChI is InChI=1S/C29H37N3O5/c1-6-7-24(33)31-21-12-13-23-22(14-21)25(28-36-16-29(4,5)17-37-28)27(35)32(23)15-19-8-10-20(11-9-19)26(34)30-18(2)3/h8-14,18,25,28H,6-7,15-17H2,1-5H3,(H,30,34)(H,31,33). The van der Waals surface area contributed by atoms with Crippen molar-refractivity contribution in [1.82, 2.24) is 5.32 Å². The third-order valence-electron chi connectivity index (χ3n) is 6.47. The summed E-state index contributed by atoms with van der Waals surface area (Å²) in [5, 5.41) is 5.82.